The Bertz CT molecular complexity index is 999. The molecule has 3 aliphatic heterocycles. The van der Waals surface area contributed by atoms with Crippen LogP contribution in [0.5, 0.6) is 0 Å². The molecule has 0 amide bonds. The van der Waals surface area contributed by atoms with Crippen molar-refractivity contribution >= 4 is 28.7 Å². The Balaban J connectivity index is 1.58. The fraction of sp³-hybridized carbons (Fsp3) is 0.417. The smallest absolute Gasteiger partial charge is 0.137 e. The van der Waals surface area contributed by atoms with Crippen molar-refractivity contribution < 1.29 is 0 Å². The molecule has 7 heteroatoms. The molecule has 4 rings (SSSR count). The van der Waals surface area contributed by atoms with E-state index in [2.05, 4.69) is 63.2 Å². The highest BCUT2D eigenvalue weighted by Gasteiger charge is 2.30. The number of halogens is 1. The first-order valence-electron chi connectivity index (χ1n) is 10.8. The van der Waals surface area contributed by atoms with Gasteiger partial charge < -0.3 is 20.9 Å². The van der Waals surface area contributed by atoms with Crippen molar-refractivity contribution in [2.24, 2.45) is 4.99 Å². The molecule has 3 heterocycles. The van der Waals surface area contributed by atoms with E-state index in [4.69, 9.17) is 17.0 Å². The maximum atomic E-state index is 8.59. The number of allylic oxidation sites excluding steroid dienone is 2. The second-order valence-electron chi connectivity index (χ2n) is 8.42. The lowest BCUT2D eigenvalue weighted by atomic mass is 9.97. The van der Waals surface area contributed by atoms with Gasteiger partial charge in [0.1, 0.15) is 5.82 Å². The Hall–Kier alpha value is -2.41. The Morgan fingerprint density at radius 3 is 2.61 bits per heavy atom. The highest BCUT2D eigenvalue weighted by Crippen LogP contribution is 2.32. The van der Waals surface area contributed by atoms with Crippen molar-refractivity contribution in [3.8, 4) is 0 Å². The van der Waals surface area contributed by atoms with Gasteiger partial charge in [0.05, 0.1) is 23.0 Å². The number of aliphatic imine (C=N–C) groups is 1. The molecule has 0 aromatic heterocycles. The van der Waals surface area contributed by atoms with Crippen LogP contribution in [0.25, 0.3) is 5.70 Å². The first-order valence-corrected chi connectivity index (χ1v) is 11.2. The van der Waals surface area contributed by atoms with Gasteiger partial charge in [0.2, 0.25) is 0 Å². The molecule has 0 spiro atoms. The van der Waals surface area contributed by atoms with Gasteiger partial charge in [-0.15, -0.1) is 0 Å². The molecule has 164 valence electrons. The molecule has 3 aliphatic rings. The Labute approximate surface area is 189 Å². The van der Waals surface area contributed by atoms with Gasteiger partial charge in [0.25, 0.3) is 0 Å². The third-order valence-corrected chi connectivity index (χ3v) is 6.94. The summed E-state index contributed by atoms with van der Waals surface area (Å²) in [5.41, 5.74) is 6.52. The first-order chi connectivity index (χ1) is 14.9. The summed E-state index contributed by atoms with van der Waals surface area (Å²) in [5, 5.41) is 15.9. The summed E-state index contributed by atoms with van der Waals surface area (Å²) in [5.74, 6) is 0.724. The molecule has 0 saturated carbocycles. The normalized spacial score (nSPS) is 23.7. The molecule has 6 nitrogen and oxygen atoms in total. The van der Waals surface area contributed by atoms with E-state index < -0.39 is 0 Å². The average molecular weight is 439 g/mol. The molecular weight excluding hydrogens is 408 g/mol. The number of hydrogen-bond donors (Lipinski definition) is 3. The summed E-state index contributed by atoms with van der Waals surface area (Å²) in [4.78, 5) is 9.30. The molecule has 1 atom stereocenters. The lowest BCUT2D eigenvalue weighted by Gasteiger charge is -2.34. The van der Waals surface area contributed by atoms with Crippen molar-refractivity contribution in [3.05, 3.63) is 64.1 Å². The van der Waals surface area contributed by atoms with Crippen LogP contribution >= 0.6 is 11.6 Å². The molecule has 0 aliphatic carbocycles. The zero-order valence-corrected chi connectivity index (χ0v) is 19.3. The van der Waals surface area contributed by atoms with Gasteiger partial charge in [-0.2, -0.15) is 0 Å². The molecule has 2 saturated heterocycles. The van der Waals surface area contributed by atoms with E-state index in [1.807, 2.05) is 13.8 Å². The summed E-state index contributed by atoms with van der Waals surface area (Å²) in [7, 11) is 0. The standard InChI is InChI=1S/C24H31ClN6/c1-15-23(25)16(2)29-24(28-15)21-13-31(14-22(21)26)18(4)20-8-6-5-7-19(20)17(3)30-11-9-27-10-12-30/h5-8,17,26-28H,4,9-14H2,1-3H3/b24-21+,26-22?. The molecule has 31 heavy (non-hydrogen) atoms. The molecule has 1 unspecified atom stereocenters. The van der Waals surface area contributed by atoms with Gasteiger partial charge in [-0.25, -0.2) is 4.99 Å². The number of hydrogen-bond acceptors (Lipinski definition) is 6. The highest BCUT2D eigenvalue weighted by molar-refractivity contribution is 6.43. The van der Waals surface area contributed by atoms with Crippen LogP contribution in [-0.2, 0) is 0 Å². The van der Waals surface area contributed by atoms with E-state index in [1.54, 1.807) is 0 Å². The summed E-state index contributed by atoms with van der Waals surface area (Å²) < 4.78 is 0. The Morgan fingerprint density at radius 1 is 1.19 bits per heavy atom. The molecule has 0 bridgehead atoms. The van der Waals surface area contributed by atoms with Gasteiger partial charge >= 0.3 is 0 Å². The third-order valence-electron chi connectivity index (χ3n) is 6.38. The van der Waals surface area contributed by atoms with Crippen molar-refractivity contribution in [1.29, 1.82) is 5.41 Å². The molecule has 0 radical (unpaired) electrons. The van der Waals surface area contributed by atoms with Crippen LogP contribution in [0.1, 0.15) is 37.9 Å². The van der Waals surface area contributed by atoms with Crippen LogP contribution < -0.4 is 10.6 Å². The quantitative estimate of drug-likeness (QED) is 0.670. The minimum atomic E-state index is 0.317. The van der Waals surface area contributed by atoms with Gasteiger partial charge in [0, 0.05) is 61.3 Å². The van der Waals surface area contributed by atoms with Crippen LogP contribution in [0, 0.1) is 5.41 Å². The van der Waals surface area contributed by atoms with Crippen molar-refractivity contribution in [2.75, 3.05) is 39.3 Å². The van der Waals surface area contributed by atoms with Gasteiger partial charge in [0.15, 0.2) is 0 Å². The maximum absolute atomic E-state index is 8.59. The number of likely N-dealkylation sites (tertiary alicyclic amines) is 1. The summed E-state index contributed by atoms with van der Waals surface area (Å²) in [6.07, 6.45) is 0. The van der Waals surface area contributed by atoms with Gasteiger partial charge in [-0.1, -0.05) is 42.4 Å². The molecule has 1 aromatic rings. The number of nitrogens with one attached hydrogen (secondary N) is 3. The van der Waals surface area contributed by atoms with E-state index >= 15 is 0 Å². The monoisotopic (exact) mass is 438 g/mol. The fourth-order valence-corrected chi connectivity index (χ4v) is 4.58. The van der Waals surface area contributed by atoms with Crippen molar-refractivity contribution in [3.63, 3.8) is 0 Å². The fourth-order valence-electron chi connectivity index (χ4n) is 4.49. The van der Waals surface area contributed by atoms with E-state index in [-0.39, 0.29) is 0 Å². The van der Waals surface area contributed by atoms with Gasteiger partial charge in [-0.05, 0) is 26.3 Å². The Kier molecular flexibility index (Phi) is 6.32. The number of nitrogens with zero attached hydrogens (tertiary/aromatic N) is 3. The molecule has 1 aromatic carbocycles. The number of rotatable bonds is 4. The first kappa shape index (κ1) is 21.8. The lowest BCUT2D eigenvalue weighted by Crippen LogP contribution is -2.44. The number of piperazine rings is 1. The van der Waals surface area contributed by atoms with E-state index in [9.17, 15) is 0 Å². The van der Waals surface area contributed by atoms with Crippen LogP contribution in [0.2, 0.25) is 0 Å². The maximum Gasteiger partial charge on any atom is 0.137 e. The van der Waals surface area contributed by atoms with Crippen molar-refractivity contribution in [1.82, 2.24) is 20.4 Å². The van der Waals surface area contributed by atoms with Crippen LogP contribution in [0.3, 0.4) is 0 Å². The third kappa shape index (κ3) is 4.33. The van der Waals surface area contributed by atoms with E-state index in [0.717, 1.165) is 60.2 Å². The largest absolute Gasteiger partial charge is 0.361 e. The zero-order valence-electron chi connectivity index (χ0n) is 18.6. The topological polar surface area (TPSA) is 66.8 Å². The van der Waals surface area contributed by atoms with Crippen LogP contribution in [-0.4, -0.2) is 60.5 Å². The predicted octanol–water partition coefficient (Wildman–Crippen LogP) is 3.70. The van der Waals surface area contributed by atoms with Gasteiger partial charge in [-0.3, -0.25) is 4.90 Å². The van der Waals surface area contributed by atoms with Crippen LogP contribution in [0.4, 0.5) is 0 Å². The van der Waals surface area contributed by atoms with Crippen LogP contribution in [0.15, 0.2) is 58.0 Å². The molecular formula is C24H31ClN6. The minimum Gasteiger partial charge on any atom is -0.361 e. The second-order valence-corrected chi connectivity index (χ2v) is 8.80. The van der Waals surface area contributed by atoms with Crippen molar-refractivity contribution in [2.45, 2.75) is 26.8 Å². The van der Waals surface area contributed by atoms with E-state index in [0.29, 0.717) is 29.9 Å². The minimum absolute atomic E-state index is 0.317. The average Bonchev–Trinajstić information content (AvgIpc) is 3.18. The summed E-state index contributed by atoms with van der Waals surface area (Å²) in [6, 6.07) is 8.85. The zero-order chi connectivity index (χ0) is 22.1. The SMILES string of the molecule is C=C(c1ccccc1C(C)N1CCNCC1)N1CC(=N)/C(=C2/N=C(C)C(Cl)=C(C)N2)C1. The Morgan fingerprint density at radius 2 is 1.90 bits per heavy atom. The highest BCUT2D eigenvalue weighted by atomic mass is 35.5. The summed E-state index contributed by atoms with van der Waals surface area (Å²) >= 11 is 6.27. The predicted molar refractivity (Wildman–Crippen MR) is 129 cm³/mol. The summed E-state index contributed by atoms with van der Waals surface area (Å²) in [6.45, 7) is 15.8. The van der Waals surface area contributed by atoms with E-state index in [1.165, 1.54) is 5.56 Å². The molecule has 2 fully saturated rings. The number of benzene rings is 1. The lowest BCUT2D eigenvalue weighted by molar-refractivity contribution is 0.185. The second kappa shape index (κ2) is 8.99. The molecule has 3 N–H and O–H groups in total.